The van der Waals surface area contributed by atoms with Crippen molar-refractivity contribution in [1.29, 1.82) is 0 Å². The van der Waals surface area contributed by atoms with Crippen molar-refractivity contribution >= 4 is 29.3 Å². The number of benzene rings is 2. The molecule has 0 saturated heterocycles. The van der Waals surface area contributed by atoms with Gasteiger partial charge < -0.3 is 31.3 Å². The highest BCUT2D eigenvalue weighted by Gasteiger charge is 2.80. The van der Waals surface area contributed by atoms with E-state index in [1.807, 2.05) is 0 Å². The van der Waals surface area contributed by atoms with Crippen LogP contribution in [0, 0.1) is 34.5 Å². The summed E-state index contributed by atoms with van der Waals surface area (Å²) in [6.07, 6.45) is -5.56. The zero-order chi connectivity index (χ0) is 34.0. The van der Waals surface area contributed by atoms with Crippen LogP contribution in [-0.2, 0) is 16.1 Å². The van der Waals surface area contributed by atoms with Crippen LogP contribution in [0.1, 0.15) is 82.7 Å². The number of nitrogens with two attached hydrogens (primary N) is 1. The molecule has 3 aliphatic carbocycles. The SMILES string of the molecule is CC(C)[C@H]1C(O)C(C(N)=O)C(=O)[C@]2(O)C(O)C3C(=O)c4c(ccc(CN5C(=O)c6ccccc6C5=O)c4O)[C@@H](C)[C@]3(C)[C@@H](O)[C@]12C. The number of ketones is 2. The third kappa shape index (κ3) is 3.55. The highest BCUT2D eigenvalue weighted by atomic mass is 16.4. The molecule has 0 spiro atoms. The molecule has 6 rings (SSSR count). The van der Waals surface area contributed by atoms with Crippen molar-refractivity contribution in [3.63, 3.8) is 0 Å². The van der Waals surface area contributed by atoms with Crippen LogP contribution in [0.25, 0.3) is 0 Å². The summed E-state index contributed by atoms with van der Waals surface area (Å²) < 4.78 is 0. The summed E-state index contributed by atoms with van der Waals surface area (Å²) in [5, 5.41) is 59.5. The van der Waals surface area contributed by atoms with Gasteiger partial charge in [0.2, 0.25) is 5.91 Å². The number of aromatic hydroxyl groups is 1. The van der Waals surface area contributed by atoms with Gasteiger partial charge in [-0.25, -0.2) is 0 Å². The third-order valence-electron chi connectivity index (χ3n) is 11.9. The standard InChI is InChI=1S/C34H38N2O10/c1-13(2)21-25(39)20(28(35)42)26(40)34(46)27(41)22-24(38)19-16(14(3)32(22,4)31(45)33(21,34)5)11-10-15(23(19)37)12-36-29(43)17-8-6-7-9-18(17)30(36)44/h6-11,13-14,20-22,25,27,31,37,39,41,45-46H,12H2,1-5H3,(H2,35,42)/t14-,20?,21+,22?,25?,27?,31-,32+,33+,34+/m1/s1. The first-order chi connectivity index (χ1) is 21.4. The Morgan fingerprint density at radius 1 is 0.978 bits per heavy atom. The van der Waals surface area contributed by atoms with Crippen LogP contribution in [0.15, 0.2) is 36.4 Å². The molecular formula is C34H38N2O10. The molecule has 2 fully saturated rings. The van der Waals surface area contributed by atoms with E-state index in [9.17, 15) is 49.5 Å². The number of amides is 3. The molecule has 10 atom stereocenters. The molecule has 0 radical (unpaired) electrons. The van der Waals surface area contributed by atoms with Gasteiger partial charge in [-0.3, -0.25) is 28.9 Å². The molecular weight excluding hydrogens is 596 g/mol. The number of carbonyl (C=O) groups is 5. The number of hydrogen-bond donors (Lipinski definition) is 6. The molecule has 4 unspecified atom stereocenters. The van der Waals surface area contributed by atoms with Gasteiger partial charge in [0.15, 0.2) is 17.2 Å². The van der Waals surface area contributed by atoms with E-state index in [4.69, 9.17) is 5.73 Å². The molecule has 46 heavy (non-hydrogen) atoms. The van der Waals surface area contributed by atoms with Crippen molar-refractivity contribution < 1.29 is 49.5 Å². The number of aliphatic hydroxyl groups excluding tert-OH is 3. The summed E-state index contributed by atoms with van der Waals surface area (Å²) in [6.45, 7) is 7.61. The summed E-state index contributed by atoms with van der Waals surface area (Å²) in [5.74, 6) is -11.1. The van der Waals surface area contributed by atoms with Crippen LogP contribution >= 0.6 is 0 Å². The topological polar surface area (TPSA) is 216 Å². The van der Waals surface area contributed by atoms with Gasteiger partial charge in [-0.15, -0.1) is 0 Å². The van der Waals surface area contributed by atoms with Crippen LogP contribution in [0.2, 0.25) is 0 Å². The van der Waals surface area contributed by atoms with E-state index in [0.717, 1.165) is 4.90 Å². The second kappa shape index (κ2) is 10.0. The lowest BCUT2D eigenvalue weighted by atomic mass is 9.36. The Balaban J connectivity index is 1.49. The molecule has 2 aromatic rings. The number of fused-ring (bicyclic) bond motifs is 4. The highest BCUT2D eigenvalue weighted by molar-refractivity contribution is 6.21. The molecule has 4 aliphatic rings. The molecule has 1 aliphatic heterocycles. The fraction of sp³-hybridized carbons (Fsp3) is 0.500. The summed E-state index contributed by atoms with van der Waals surface area (Å²) in [5.41, 5.74) is -0.336. The van der Waals surface area contributed by atoms with Gasteiger partial charge in [-0.1, -0.05) is 58.9 Å². The van der Waals surface area contributed by atoms with Crippen molar-refractivity contribution in [3.8, 4) is 5.75 Å². The quantitative estimate of drug-likeness (QED) is 0.206. The van der Waals surface area contributed by atoms with E-state index in [0.29, 0.717) is 5.56 Å². The molecule has 0 aromatic heterocycles. The van der Waals surface area contributed by atoms with Gasteiger partial charge in [-0.05, 0) is 35.4 Å². The Morgan fingerprint density at radius 2 is 1.54 bits per heavy atom. The lowest BCUT2D eigenvalue weighted by molar-refractivity contribution is -0.306. The predicted molar refractivity (Wildman–Crippen MR) is 160 cm³/mol. The minimum absolute atomic E-state index is 0.0670. The average Bonchev–Trinajstić information content (AvgIpc) is 3.23. The van der Waals surface area contributed by atoms with E-state index in [1.54, 1.807) is 45.9 Å². The van der Waals surface area contributed by atoms with E-state index in [-0.39, 0.29) is 28.8 Å². The van der Waals surface area contributed by atoms with Crippen molar-refractivity contribution in [2.24, 2.45) is 40.2 Å². The van der Waals surface area contributed by atoms with Gasteiger partial charge in [-0.2, -0.15) is 0 Å². The Bertz CT molecular complexity index is 1700. The smallest absolute Gasteiger partial charge is 0.261 e. The molecule has 0 bridgehead atoms. The van der Waals surface area contributed by atoms with Crippen LogP contribution in [-0.4, -0.2) is 83.6 Å². The van der Waals surface area contributed by atoms with Crippen LogP contribution in [0.5, 0.6) is 5.75 Å². The number of Topliss-reactive ketones (excluding diaryl/α,β-unsaturated/α-hetero) is 2. The Kier molecular flexibility index (Phi) is 6.96. The first-order valence-electron chi connectivity index (χ1n) is 15.3. The molecule has 12 nitrogen and oxygen atoms in total. The number of primary amides is 1. The van der Waals surface area contributed by atoms with Gasteiger partial charge in [0.05, 0.1) is 41.4 Å². The molecule has 7 N–H and O–H groups in total. The van der Waals surface area contributed by atoms with Crippen LogP contribution in [0.3, 0.4) is 0 Å². The maximum atomic E-state index is 14.5. The van der Waals surface area contributed by atoms with Crippen molar-refractivity contribution in [2.45, 2.75) is 71.0 Å². The lowest BCUT2D eigenvalue weighted by Crippen LogP contribution is -2.83. The number of hydrogen-bond acceptors (Lipinski definition) is 10. The van der Waals surface area contributed by atoms with Crippen molar-refractivity contribution in [2.75, 3.05) is 0 Å². The Hall–Kier alpha value is -3.97. The van der Waals surface area contributed by atoms with Crippen molar-refractivity contribution in [1.82, 2.24) is 4.90 Å². The molecule has 3 amide bonds. The second-order valence-electron chi connectivity index (χ2n) is 14.1. The Morgan fingerprint density at radius 3 is 2.07 bits per heavy atom. The van der Waals surface area contributed by atoms with Crippen LogP contribution in [0.4, 0.5) is 0 Å². The summed E-state index contributed by atoms with van der Waals surface area (Å²) in [4.78, 5) is 67.8. The fourth-order valence-corrected chi connectivity index (χ4v) is 9.48. The molecule has 12 heteroatoms. The summed E-state index contributed by atoms with van der Waals surface area (Å²) in [7, 11) is 0. The third-order valence-corrected chi connectivity index (χ3v) is 11.9. The van der Waals surface area contributed by atoms with E-state index >= 15 is 0 Å². The van der Waals surface area contributed by atoms with Gasteiger partial charge >= 0.3 is 0 Å². The number of phenolic OH excluding ortho intramolecular Hbond substituents is 1. The minimum Gasteiger partial charge on any atom is -0.507 e. The number of aliphatic hydroxyl groups is 4. The average molecular weight is 635 g/mol. The maximum absolute atomic E-state index is 14.5. The normalized spacial score (nSPS) is 38.4. The number of nitrogens with zero attached hydrogens (tertiary/aromatic N) is 1. The summed E-state index contributed by atoms with van der Waals surface area (Å²) >= 11 is 0. The predicted octanol–water partition coefficient (Wildman–Crippen LogP) is 0.901. The van der Waals surface area contributed by atoms with Gasteiger partial charge in [0.25, 0.3) is 11.8 Å². The molecule has 2 saturated carbocycles. The molecule has 244 valence electrons. The zero-order valence-corrected chi connectivity index (χ0v) is 26.1. The van der Waals surface area contributed by atoms with Crippen LogP contribution < -0.4 is 5.73 Å². The fourth-order valence-electron chi connectivity index (χ4n) is 9.48. The van der Waals surface area contributed by atoms with Gasteiger partial charge in [0, 0.05) is 16.4 Å². The highest BCUT2D eigenvalue weighted by Crippen LogP contribution is 2.68. The molecule has 1 heterocycles. The lowest BCUT2D eigenvalue weighted by Gasteiger charge is -2.69. The van der Waals surface area contributed by atoms with Gasteiger partial charge in [0.1, 0.15) is 17.8 Å². The first kappa shape index (κ1) is 32.0. The number of phenols is 1. The van der Waals surface area contributed by atoms with Crippen molar-refractivity contribution in [3.05, 3.63) is 64.2 Å². The summed E-state index contributed by atoms with van der Waals surface area (Å²) in [6, 6.07) is 9.31. The minimum atomic E-state index is -2.90. The Labute approximate surface area is 264 Å². The number of imide groups is 1. The second-order valence-corrected chi connectivity index (χ2v) is 14.1. The number of carbonyl (C=O) groups excluding carboxylic acids is 5. The van der Waals surface area contributed by atoms with E-state index in [1.165, 1.54) is 25.1 Å². The van der Waals surface area contributed by atoms with E-state index in [2.05, 4.69) is 0 Å². The molecule has 2 aromatic carbocycles. The zero-order valence-electron chi connectivity index (χ0n) is 26.1. The monoisotopic (exact) mass is 634 g/mol. The maximum Gasteiger partial charge on any atom is 0.261 e. The largest absolute Gasteiger partial charge is 0.507 e. The van der Waals surface area contributed by atoms with E-state index < -0.39 is 99.4 Å². The first-order valence-corrected chi connectivity index (χ1v) is 15.3. The number of rotatable bonds is 4.